The van der Waals surface area contributed by atoms with E-state index in [9.17, 15) is 32.7 Å². The maximum Gasteiger partial charge on any atom is 0.471 e. The Kier molecular flexibility index (Phi) is 6.99. The van der Waals surface area contributed by atoms with E-state index in [2.05, 4.69) is 0 Å². The Labute approximate surface area is 187 Å². The lowest BCUT2D eigenvalue weighted by atomic mass is 9.91. The van der Waals surface area contributed by atoms with E-state index in [1.807, 2.05) is 13.8 Å². The van der Waals surface area contributed by atoms with E-state index in [4.69, 9.17) is 4.74 Å². The molecule has 33 heavy (non-hydrogen) atoms. The molecule has 0 saturated carbocycles. The summed E-state index contributed by atoms with van der Waals surface area (Å²) in [7, 11) is 0. The summed E-state index contributed by atoms with van der Waals surface area (Å²) in [6.07, 6.45) is -3.70. The molecule has 8 nitrogen and oxygen atoms in total. The number of halogens is 3. The monoisotopic (exact) mass is 467 g/mol. The minimum Gasteiger partial charge on any atom is -0.490 e. The number of hydrogen-bond acceptors (Lipinski definition) is 4. The molecule has 3 rings (SSSR count). The molecular weight excluding hydrogens is 443 g/mol. The SMILES string of the molecule is CC(C)C1CC(Oc2ccn(-c3ccc(NC(=O)C(F)(F)F)cc3)c(=O)c2)CCN1C(=O)O. The standard InChI is InChI=1S/C22H24F3N3O5/c1-13(2)18-11-16(8-10-28(18)21(31)32)33-17-7-9-27(19(29)12-17)15-5-3-14(4-6-15)26-20(30)22(23,24)25/h3-7,9,12-13,16,18H,8,10-11H2,1-2H3,(H,26,30)(H,31,32). The number of benzene rings is 1. The van der Waals surface area contributed by atoms with Gasteiger partial charge in [0.05, 0.1) is 0 Å². The van der Waals surface area contributed by atoms with Crippen LogP contribution in [0.25, 0.3) is 5.69 Å². The van der Waals surface area contributed by atoms with Gasteiger partial charge in [0.1, 0.15) is 11.9 Å². The van der Waals surface area contributed by atoms with Crippen molar-refractivity contribution in [1.82, 2.24) is 9.47 Å². The maximum absolute atomic E-state index is 12.6. The van der Waals surface area contributed by atoms with Gasteiger partial charge in [-0.15, -0.1) is 0 Å². The molecule has 0 bridgehead atoms. The number of aromatic nitrogens is 1. The summed E-state index contributed by atoms with van der Waals surface area (Å²) in [5.41, 5.74) is -0.0735. The zero-order valence-electron chi connectivity index (χ0n) is 18.0. The molecule has 1 saturated heterocycles. The summed E-state index contributed by atoms with van der Waals surface area (Å²) >= 11 is 0. The van der Waals surface area contributed by atoms with Crippen LogP contribution in [0.15, 0.2) is 47.4 Å². The Morgan fingerprint density at radius 1 is 1.18 bits per heavy atom. The van der Waals surface area contributed by atoms with Crippen LogP contribution in [-0.4, -0.2) is 51.4 Å². The molecule has 1 aromatic carbocycles. The van der Waals surface area contributed by atoms with Gasteiger partial charge in [-0.2, -0.15) is 13.2 Å². The van der Waals surface area contributed by atoms with E-state index in [1.54, 1.807) is 11.4 Å². The maximum atomic E-state index is 12.6. The third-order valence-electron chi connectivity index (χ3n) is 5.47. The van der Waals surface area contributed by atoms with Crippen molar-refractivity contribution in [3.63, 3.8) is 0 Å². The van der Waals surface area contributed by atoms with Crippen LogP contribution in [0, 0.1) is 5.92 Å². The highest BCUT2D eigenvalue weighted by Crippen LogP contribution is 2.27. The normalized spacial score (nSPS) is 18.8. The van der Waals surface area contributed by atoms with Crippen LogP contribution in [0.2, 0.25) is 0 Å². The smallest absolute Gasteiger partial charge is 0.471 e. The van der Waals surface area contributed by atoms with Crippen molar-refractivity contribution in [1.29, 1.82) is 0 Å². The molecule has 178 valence electrons. The van der Waals surface area contributed by atoms with Crippen LogP contribution >= 0.6 is 0 Å². The summed E-state index contributed by atoms with van der Waals surface area (Å²) in [4.78, 5) is 36.4. The van der Waals surface area contributed by atoms with E-state index >= 15 is 0 Å². The number of amides is 2. The van der Waals surface area contributed by atoms with Crippen molar-refractivity contribution >= 4 is 17.7 Å². The van der Waals surface area contributed by atoms with E-state index in [1.165, 1.54) is 46.0 Å². The molecule has 2 unspecified atom stereocenters. The van der Waals surface area contributed by atoms with Gasteiger partial charge in [-0.3, -0.25) is 14.2 Å². The van der Waals surface area contributed by atoms with Crippen molar-refractivity contribution in [3.05, 3.63) is 52.9 Å². The fourth-order valence-electron chi connectivity index (χ4n) is 3.79. The third-order valence-corrected chi connectivity index (χ3v) is 5.47. The highest BCUT2D eigenvalue weighted by molar-refractivity contribution is 5.94. The third kappa shape index (κ3) is 5.85. The lowest BCUT2D eigenvalue weighted by molar-refractivity contribution is -0.167. The molecule has 1 aliphatic rings. The largest absolute Gasteiger partial charge is 0.490 e. The quantitative estimate of drug-likeness (QED) is 0.695. The molecule has 2 atom stereocenters. The van der Waals surface area contributed by atoms with E-state index in [0.717, 1.165) is 0 Å². The molecule has 2 aromatic rings. The first-order chi connectivity index (χ1) is 15.5. The summed E-state index contributed by atoms with van der Waals surface area (Å²) in [6, 6.07) is 8.04. The van der Waals surface area contributed by atoms with E-state index < -0.39 is 23.7 Å². The minimum absolute atomic E-state index is 0.0542. The Hall–Kier alpha value is -3.50. The molecule has 1 fully saturated rings. The van der Waals surface area contributed by atoms with Crippen LogP contribution in [0.1, 0.15) is 26.7 Å². The van der Waals surface area contributed by atoms with Crippen molar-refractivity contribution in [3.8, 4) is 11.4 Å². The molecule has 0 aliphatic carbocycles. The highest BCUT2D eigenvalue weighted by atomic mass is 19.4. The number of rotatable bonds is 5. The minimum atomic E-state index is -5.00. The number of alkyl halides is 3. The van der Waals surface area contributed by atoms with Crippen molar-refractivity contribution in [2.75, 3.05) is 11.9 Å². The fourth-order valence-corrected chi connectivity index (χ4v) is 3.79. The number of carbonyl (C=O) groups is 2. The van der Waals surface area contributed by atoms with E-state index in [0.29, 0.717) is 30.8 Å². The molecule has 2 heterocycles. The lowest BCUT2D eigenvalue weighted by Gasteiger charge is -2.39. The zero-order valence-corrected chi connectivity index (χ0v) is 18.0. The summed E-state index contributed by atoms with van der Waals surface area (Å²) in [5.74, 6) is -1.62. The van der Waals surface area contributed by atoms with Gasteiger partial charge in [-0.1, -0.05) is 13.8 Å². The molecule has 0 radical (unpaired) electrons. The summed E-state index contributed by atoms with van der Waals surface area (Å²) in [6.45, 7) is 4.24. The fraction of sp³-hybridized carbons (Fsp3) is 0.409. The van der Waals surface area contributed by atoms with Gasteiger partial charge < -0.3 is 20.1 Å². The van der Waals surface area contributed by atoms with Crippen LogP contribution in [-0.2, 0) is 4.79 Å². The molecule has 1 aliphatic heterocycles. The Bertz CT molecular complexity index is 1070. The number of hydrogen-bond donors (Lipinski definition) is 2. The molecule has 2 N–H and O–H groups in total. The number of nitrogens with one attached hydrogen (secondary N) is 1. The number of anilines is 1. The van der Waals surface area contributed by atoms with Crippen LogP contribution < -0.4 is 15.6 Å². The highest BCUT2D eigenvalue weighted by Gasteiger charge is 2.38. The van der Waals surface area contributed by atoms with Gasteiger partial charge >= 0.3 is 18.2 Å². The summed E-state index contributed by atoms with van der Waals surface area (Å²) < 4.78 is 44.3. The first kappa shape index (κ1) is 24.1. The average Bonchev–Trinajstić information content (AvgIpc) is 2.73. The first-order valence-corrected chi connectivity index (χ1v) is 10.3. The van der Waals surface area contributed by atoms with Crippen molar-refractivity contribution in [2.45, 2.75) is 45.0 Å². The predicted octanol–water partition coefficient (Wildman–Crippen LogP) is 3.88. The molecule has 2 amide bonds. The zero-order chi connectivity index (χ0) is 24.3. The van der Waals surface area contributed by atoms with Gasteiger partial charge in [0.2, 0.25) is 0 Å². The number of nitrogens with zero attached hydrogens (tertiary/aromatic N) is 2. The van der Waals surface area contributed by atoms with Gasteiger partial charge in [-0.05, 0) is 36.2 Å². The van der Waals surface area contributed by atoms with Gasteiger partial charge in [-0.25, -0.2) is 4.79 Å². The second-order valence-electron chi connectivity index (χ2n) is 8.12. The number of pyridine rings is 1. The Morgan fingerprint density at radius 3 is 2.39 bits per heavy atom. The van der Waals surface area contributed by atoms with Crippen LogP contribution in [0.4, 0.5) is 23.7 Å². The topological polar surface area (TPSA) is 101 Å². The molecule has 0 spiro atoms. The second kappa shape index (κ2) is 9.55. The lowest BCUT2D eigenvalue weighted by Crippen LogP contribution is -2.50. The van der Waals surface area contributed by atoms with Crippen molar-refractivity contribution < 1.29 is 32.6 Å². The van der Waals surface area contributed by atoms with Crippen LogP contribution in [0.5, 0.6) is 5.75 Å². The number of carbonyl (C=O) groups excluding carboxylic acids is 1. The van der Waals surface area contributed by atoms with Gasteiger partial charge in [0.15, 0.2) is 0 Å². The number of piperidine rings is 1. The van der Waals surface area contributed by atoms with Crippen LogP contribution in [0.3, 0.4) is 0 Å². The molecule has 11 heteroatoms. The number of ether oxygens (including phenoxy) is 1. The first-order valence-electron chi connectivity index (χ1n) is 10.3. The summed E-state index contributed by atoms with van der Waals surface area (Å²) in [5, 5.41) is 11.1. The van der Waals surface area contributed by atoms with E-state index in [-0.39, 0.29) is 23.8 Å². The van der Waals surface area contributed by atoms with Gasteiger partial charge in [0, 0.05) is 49.1 Å². The molecular formula is C22H24F3N3O5. The van der Waals surface area contributed by atoms with Crippen molar-refractivity contribution in [2.24, 2.45) is 5.92 Å². The Balaban J connectivity index is 1.69. The Morgan fingerprint density at radius 2 is 1.85 bits per heavy atom. The second-order valence-corrected chi connectivity index (χ2v) is 8.12. The van der Waals surface area contributed by atoms with Gasteiger partial charge in [0.25, 0.3) is 5.56 Å². The average molecular weight is 467 g/mol. The predicted molar refractivity (Wildman–Crippen MR) is 114 cm³/mol. The number of carboxylic acid groups (broad SMARTS) is 1. The number of likely N-dealkylation sites (tertiary alicyclic amines) is 1. The molecule has 1 aromatic heterocycles.